The van der Waals surface area contributed by atoms with Gasteiger partial charge < -0.3 is 24.4 Å². The Morgan fingerprint density at radius 1 is 1.09 bits per heavy atom. The summed E-state index contributed by atoms with van der Waals surface area (Å²) in [6.07, 6.45) is 0.668. The number of ketones is 1. The predicted octanol–water partition coefficient (Wildman–Crippen LogP) is 3.84. The molecule has 3 rings (SSSR count). The molecule has 1 aliphatic heterocycles. The van der Waals surface area contributed by atoms with Crippen LogP contribution in [0.25, 0.3) is 5.76 Å². The van der Waals surface area contributed by atoms with E-state index in [9.17, 15) is 14.7 Å². The molecule has 0 radical (unpaired) electrons. The van der Waals surface area contributed by atoms with Crippen molar-refractivity contribution in [3.63, 3.8) is 0 Å². The Bertz CT molecular complexity index is 1030. The maximum Gasteiger partial charge on any atom is 0.295 e. The third-order valence-electron chi connectivity index (χ3n) is 5.39. The molecule has 0 spiro atoms. The van der Waals surface area contributed by atoms with E-state index in [1.807, 2.05) is 19.0 Å². The molecule has 1 atom stereocenters. The molecule has 0 saturated carbocycles. The molecule has 170 valence electrons. The van der Waals surface area contributed by atoms with Crippen LogP contribution in [0.5, 0.6) is 11.5 Å². The van der Waals surface area contributed by atoms with Gasteiger partial charge in [0, 0.05) is 22.1 Å². The Kier molecular flexibility index (Phi) is 7.58. The van der Waals surface area contributed by atoms with Gasteiger partial charge in [-0.3, -0.25) is 9.59 Å². The molecule has 2 aromatic carbocycles. The summed E-state index contributed by atoms with van der Waals surface area (Å²) < 4.78 is 11.9. The van der Waals surface area contributed by atoms with Gasteiger partial charge in [0.25, 0.3) is 11.7 Å². The van der Waals surface area contributed by atoms with Gasteiger partial charge in [0.1, 0.15) is 5.76 Å². The van der Waals surface area contributed by atoms with E-state index in [1.165, 1.54) is 19.1 Å². The number of carbonyl (C=O) groups is 2. The lowest BCUT2D eigenvalue weighted by molar-refractivity contribution is -0.140. The molecule has 1 fully saturated rings. The van der Waals surface area contributed by atoms with E-state index in [-0.39, 0.29) is 11.3 Å². The zero-order chi connectivity index (χ0) is 23.4. The number of hydrogen-bond donors (Lipinski definition) is 1. The van der Waals surface area contributed by atoms with Crippen LogP contribution in [0.2, 0.25) is 0 Å². The Labute approximate surface area is 196 Å². The van der Waals surface area contributed by atoms with Crippen LogP contribution in [0.15, 0.2) is 52.5 Å². The van der Waals surface area contributed by atoms with Crippen molar-refractivity contribution in [2.45, 2.75) is 12.5 Å². The number of hydrogen-bond acceptors (Lipinski definition) is 6. The molecular weight excluding hydrogens is 476 g/mol. The van der Waals surface area contributed by atoms with E-state index in [0.29, 0.717) is 35.6 Å². The summed E-state index contributed by atoms with van der Waals surface area (Å²) in [4.78, 5) is 29.7. The van der Waals surface area contributed by atoms with E-state index in [1.54, 1.807) is 42.5 Å². The number of Topliss-reactive ketones (excluding diaryl/α,β-unsaturated/α-hetero) is 1. The van der Waals surface area contributed by atoms with Crippen molar-refractivity contribution >= 4 is 33.4 Å². The summed E-state index contributed by atoms with van der Waals surface area (Å²) in [6, 6.07) is 11.4. The second kappa shape index (κ2) is 10.2. The second-order valence-electron chi connectivity index (χ2n) is 7.74. The summed E-state index contributed by atoms with van der Waals surface area (Å²) in [5, 5.41) is 11.1. The number of benzene rings is 2. The highest BCUT2D eigenvalue weighted by Gasteiger charge is 2.47. The average Bonchev–Trinajstić information content (AvgIpc) is 3.03. The first kappa shape index (κ1) is 23.8. The van der Waals surface area contributed by atoms with Crippen LogP contribution < -0.4 is 9.47 Å². The monoisotopic (exact) mass is 502 g/mol. The lowest BCUT2D eigenvalue weighted by Crippen LogP contribution is -2.32. The molecule has 8 heteroatoms. The number of carbonyl (C=O) groups excluding carboxylic acids is 2. The van der Waals surface area contributed by atoms with Crippen molar-refractivity contribution in [3.05, 3.63) is 63.6 Å². The Morgan fingerprint density at radius 2 is 1.78 bits per heavy atom. The number of likely N-dealkylation sites (tertiary alicyclic amines) is 1. The van der Waals surface area contributed by atoms with E-state index >= 15 is 0 Å². The lowest BCUT2D eigenvalue weighted by Gasteiger charge is -2.27. The van der Waals surface area contributed by atoms with Gasteiger partial charge in [0.15, 0.2) is 11.5 Å². The van der Waals surface area contributed by atoms with Crippen LogP contribution in [0, 0.1) is 0 Å². The number of aliphatic hydroxyl groups is 1. The standard InChI is InChI=1S/C24H27BrN2O5/c1-26(2)13-6-14-27-20(17-7-5-8-18(31-3)23(17)32-4)19(22(29)24(27)30)21(28)15-9-11-16(25)12-10-15/h5,7-12,20,28H,6,13-14H2,1-4H3/b21-19-. The first-order chi connectivity index (χ1) is 15.3. The molecule has 2 aromatic rings. The van der Waals surface area contributed by atoms with Gasteiger partial charge in [-0.25, -0.2) is 0 Å². The van der Waals surface area contributed by atoms with Gasteiger partial charge in [-0.2, -0.15) is 0 Å². The minimum Gasteiger partial charge on any atom is -0.507 e. The van der Waals surface area contributed by atoms with Gasteiger partial charge in [-0.15, -0.1) is 0 Å². The number of para-hydroxylation sites is 1. The Balaban J connectivity index is 2.19. The maximum absolute atomic E-state index is 13.1. The van der Waals surface area contributed by atoms with Gasteiger partial charge in [0.05, 0.1) is 25.8 Å². The van der Waals surface area contributed by atoms with Gasteiger partial charge in [-0.1, -0.05) is 40.2 Å². The minimum atomic E-state index is -0.800. The number of rotatable bonds is 8. The van der Waals surface area contributed by atoms with Crippen LogP contribution in [0.1, 0.15) is 23.6 Å². The van der Waals surface area contributed by atoms with Crippen molar-refractivity contribution in [2.24, 2.45) is 0 Å². The fourth-order valence-electron chi connectivity index (χ4n) is 3.88. The topological polar surface area (TPSA) is 79.3 Å². The van der Waals surface area contributed by atoms with Crippen LogP contribution >= 0.6 is 15.9 Å². The molecule has 0 aliphatic carbocycles. The maximum atomic E-state index is 13.1. The summed E-state index contributed by atoms with van der Waals surface area (Å²) in [5.41, 5.74) is 1.06. The van der Waals surface area contributed by atoms with E-state index < -0.39 is 17.7 Å². The smallest absolute Gasteiger partial charge is 0.295 e. The Hall–Kier alpha value is -2.84. The van der Waals surface area contributed by atoms with Crippen molar-refractivity contribution in [1.29, 1.82) is 0 Å². The third-order valence-corrected chi connectivity index (χ3v) is 5.92. The van der Waals surface area contributed by atoms with Crippen molar-refractivity contribution < 1.29 is 24.2 Å². The summed E-state index contributed by atoms with van der Waals surface area (Å²) in [6.45, 7) is 1.10. The molecule has 1 saturated heterocycles. The third kappa shape index (κ3) is 4.66. The lowest BCUT2D eigenvalue weighted by atomic mass is 9.94. The molecule has 32 heavy (non-hydrogen) atoms. The normalized spacial score (nSPS) is 17.8. The quantitative estimate of drug-likeness (QED) is 0.335. The van der Waals surface area contributed by atoms with Crippen molar-refractivity contribution in [3.8, 4) is 11.5 Å². The fourth-order valence-corrected chi connectivity index (χ4v) is 4.15. The van der Waals surface area contributed by atoms with Crippen LogP contribution in [-0.4, -0.2) is 68.0 Å². The van der Waals surface area contributed by atoms with Crippen molar-refractivity contribution in [2.75, 3.05) is 41.4 Å². The first-order valence-electron chi connectivity index (χ1n) is 10.2. The van der Waals surface area contributed by atoms with E-state index in [0.717, 1.165) is 11.0 Å². The summed E-state index contributed by atoms with van der Waals surface area (Å²) in [7, 11) is 6.93. The number of amides is 1. The zero-order valence-electron chi connectivity index (χ0n) is 18.6. The highest BCUT2D eigenvalue weighted by molar-refractivity contribution is 9.10. The van der Waals surface area contributed by atoms with Crippen LogP contribution in [0.4, 0.5) is 0 Å². The number of methoxy groups -OCH3 is 2. The highest BCUT2D eigenvalue weighted by atomic mass is 79.9. The number of nitrogens with zero attached hydrogens (tertiary/aromatic N) is 2. The molecule has 1 aliphatic rings. The molecule has 1 unspecified atom stereocenters. The first-order valence-corrected chi connectivity index (χ1v) is 11.0. The molecule has 1 N–H and O–H groups in total. The number of ether oxygens (including phenoxy) is 2. The summed E-state index contributed by atoms with van der Waals surface area (Å²) in [5.74, 6) is -0.683. The number of aliphatic hydroxyl groups excluding tert-OH is 1. The fraction of sp³-hybridized carbons (Fsp3) is 0.333. The van der Waals surface area contributed by atoms with Gasteiger partial charge >= 0.3 is 0 Å². The molecular formula is C24H27BrN2O5. The Morgan fingerprint density at radius 3 is 2.38 bits per heavy atom. The molecule has 1 heterocycles. The molecule has 0 bridgehead atoms. The SMILES string of the molecule is COc1cccc(C2/C(=C(/O)c3ccc(Br)cc3)C(=O)C(=O)N2CCCN(C)C)c1OC. The molecule has 1 amide bonds. The van der Waals surface area contributed by atoms with Gasteiger partial charge in [0.2, 0.25) is 0 Å². The van der Waals surface area contributed by atoms with Crippen LogP contribution in [0.3, 0.4) is 0 Å². The van der Waals surface area contributed by atoms with Crippen LogP contribution in [-0.2, 0) is 9.59 Å². The van der Waals surface area contributed by atoms with E-state index in [4.69, 9.17) is 9.47 Å². The largest absolute Gasteiger partial charge is 0.507 e. The predicted molar refractivity (Wildman–Crippen MR) is 126 cm³/mol. The zero-order valence-corrected chi connectivity index (χ0v) is 20.2. The second-order valence-corrected chi connectivity index (χ2v) is 8.65. The molecule has 0 aromatic heterocycles. The number of halogens is 1. The average molecular weight is 503 g/mol. The highest BCUT2D eigenvalue weighted by Crippen LogP contribution is 2.45. The summed E-state index contributed by atoms with van der Waals surface area (Å²) >= 11 is 3.37. The van der Waals surface area contributed by atoms with Gasteiger partial charge in [-0.05, 0) is 45.3 Å². The van der Waals surface area contributed by atoms with E-state index in [2.05, 4.69) is 15.9 Å². The molecule has 7 nitrogen and oxygen atoms in total. The van der Waals surface area contributed by atoms with Crippen molar-refractivity contribution in [1.82, 2.24) is 9.80 Å². The minimum absolute atomic E-state index is 0.0359.